The van der Waals surface area contributed by atoms with Crippen molar-refractivity contribution in [3.05, 3.63) is 42.5 Å². The molecule has 0 aliphatic rings. The molecule has 4 nitrogen and oxygen atoms in total. The van der Waals surface area contributed by atoms with Gasteiger partial charge in [0.2, 0.25) is 0 Å². The number of nitrogens with zero attached hydrogens (tertiary/aromatic N) is 2. The van der Waals surface area contributed by atoms with Gasteiger partial charge in [-0.2, -0.15) is 0 Å². The van der Waals surface area contributed by atoms with Gasteiger partial charge in [-0.3, -0.25) is 0 Å². The maximum absolute atomic E-state index is 10.0. The first kappa shape index (κ1) is 10.7. The van der Waals surface area contributed by atoms with Crippen LogP contribution >= 0.6 is 0 Å². The highest BCUT2D eigenvalue weighted by Gasteiger charge is 2.13. The van der Waals surface area contributed by atoms with Crippen molar-refractivity contribution >= 4 is 16.7 Å². The predicted octanol–water partition coefficient (Wildman–Crippen LogP) is 2.53. The zero-order valence-corrected chi connectivity index (χ0v) is 9.96. The third kappa shape index (κ3) is 1.43. The molecule has 0 amide bonds. The number of fused-ring (bicyclic) bond motifs is 1. The largest absolute Gasteiger partial charge is 0.505 e. The van der Waals surface area contributed by atoms with E-state index >= 15 is 0 Å². The van der Waals surface area contributed by atoms with E-state index in [0.29, 0.717) is 17.1 Å². The van der Waals surface area contributed by atoms with Gasteiger partial charge in [-0.05, 0) is 24.3 Å². The number of aromatic nitrogens is 2. The SMILES string of the molecule is Cn1c(-c2cccc(N)c2O)nc2ccccc21. The molecule has 0 saturated carbocycles. The molecule has 1 heterocycles. The smallest absolute Gasteiger partial charge is 0.149 e. The van der Waals surface area contributed by atoms with E-state index < -0.39 is 0 Å². The highest BCUT2D eigenvalue weighted by Crippen LogP contribution is 2.34. The molecule has 0 aliphatic carbocycles. The summed E-state index contributed by atoms with van der Waals surface area (Å²) in [7, 11) is 1.92. The highest BCUT2D eigenvalue weighted by atomic mass is 16.3. The number of hydrogen-bond acceptors (Lipinski definition) is 3. The third-order valence-electron chi connectivity index (χ3n) is 3.10. The molecule has 3 aromatic rings. The lowest BCUT2D eigenvalue weighted by atomic mass is 10.1. The van der Waals surface area contributed by atoms with E-state index in [-0.39, 0.29) is 5.75 Å². The van der Waals surface area contributed by atoms with E-state index in [9.17, 15) is 5.11 Å². The first-order chi connectivity index (χ1) is 8.68. The van der Waals surface area contributed by atoms with Gasteiger partial charge in [-0.1, -0.05) is 18.2 Å². The van der Waals surface area contributed by atoms with Gasteiger partial charge in [0.1, 0.15) is 11.6 Å². The zero-order valence-electron chi connectivity index (χ0n) is 9.96. The molecule has 0 aliphatic heterocycles. The van der Waals surface area contributed by atoms with Crippen LogP contribution in [0.1, 0.15) is 0 Å². The number of imidazole rings is 1. The fourth-order valence-electron chi connectivity index (χ4n) is 2.13. The molecule has 0 spiro atoms. The van der Waals surface area contributed by atoms with Gasteiger partial charge in [0.25, 0.3) is 0 Å². The minimum Gasteiger partial charge on any atom is -0.505 e. The van der Waals surface area contributed by atoms with Crippen LogP contribution in [0, 0.1) is 0 Å². The lowest BCUT2D eigenvalue weighted by molar-refractivity contribution is 0.479. The van der Waals surface area contributed by atoms with Crippen molar-refractivity contribution in [2.45, 2.75) is 0 Å². The first-order valence-electron chi connectivity index (χ1n) is 5.68. The lowest BCUT2D eigenvalue weighted by Gasteiger charge is -2.06. The molecule has 0 saturated heterocycles. The zero-order chi connectivity index (χ0) is 12.7. The molecule has 0 unspecified atom stereocenters. The molecule has 1 aromatic heterocycles. The number of phenolic OH excluding ortho intramolecular Hbond substituents is 1. The van der Waals surface area contributed by atoms with Gasteiger partial charge in [-0.15, -0.1) is 0 Å². The summed E-state index contributed by atoms with van der Waals surface area (Å²) < 4.78 is 1.95. The van der Waals surface area contributed by atoms with Crippen molar-refractivity contribution in [3.8, 4) is 17.1 Å². The molecule has 90 valence electrons. The average molecular weight is 239 g/mol. The van der Waals surface area contributed by atoms with Crippen molar-refractivity contribution in [1.29, 1.82) is 0 Å². The maximum Gasteiger partial charge on any atom is 0.149 e. The second-order valence-corrected chi connectivity index (χ2v) is 4.23. The fraction of sp³-hybridized carbons (Fsp3) is 0.0714. The second-order valence-electron chi connectivity index (χ2n) is 4.23. The number of hydrogen-bond donors (Lipinski definition) is 2. The molecule has 2 aromatic carbocycles. The number of rotatable bonds is 1. The predicted molar refractivity (Wildman–Crippen MR) is 72.2 cm³/mol. The van der Waals surface area contributed by atoms with E-state index in [1.807, 2.05) is 48.0 Å². The Bertz CT molecular complexity index is 731. The molecular weight excluding hydrogens is 226 g/mol. The number of nitrogen functional groups attached to an aromatic ring is 1. The summed E-state index contributed by atoms with van der Waals surface area (Å²) in [6.45, 7) is 0. The van der Waals surface area contributed by atoms with Crippen LogP contribution in [-0.2, 0) is 7.05 Å². The standard InChI is InChI=1S/C14H13N3O/c1-17-12-8-3-2-7-11(12)16-14(17)9-5-4-6-10(15)13(9)18/h2-8,18H,15H2,1H3. The minimum atomic E-state index is 0.0795. The van der Waals surface area contributed by atoms with Gasteiger partial charge < -0.3 is 15.4 Å². The summed E-state index contributed by atoms with van der Waals surface area (Å²) in [5, 5.41) is 10.0. The summed E-state index contributed by atoms with van der Waals surface area (Å²) in [6, 6.07) is 13.1. The Morgan fingerprint density at radius 2 is 1.89 bits per heavy atom. The number of para-hydroxylation sites is 3. The van der Waals surface area contributed by atoms with Crippen LogP contribution in [0.2, 0.25) is 0 Å². The van der Waals surface area contributed by atoms with Gasteiger partial charge in [0.05, 0.1) is 22.3 Å². The van der Waals surface area contributed by atoms with Crippen molar-refractivity contribution in [2.24, 2.45) is 7.05 Å². The number of aromatic hydroxyl groups is 1. The van der Waals surface area contributed by atoms with Gasteiger partial charge >= 0.3 is 0 Å². The van der Waals surface area contributed by atoms with Crippen molar-refractivity contribution in [2.75, 3.05) is 5.73 Å². The summed E-state index contributed by atoms with van der Waals surface area (Å²) in [5.41, 5.74) is 8.65. The molecule has 0 radical (unpaired) electrons. The Labute approximate surface area is 104 Å². The van der Waals surface area contributed by atoms with E-state index in [4.69, 9.17) is 5.73 Å². The fourth-order valence-corrected chi connectivity index (χ4v) is 2.13. The molecule has 4 heteroatoms. The lowest BCUT2D eigenvalue weighted by Crippen LogP contribution is -1.94. The van der Waals surface area contributed by atoms with Crippen LogP contribution in [0.15, 0.2) is 42.5 Å². The Hall–Kier alpha value is -2.49. The maximum atomic E-state index is 10.0. The number of aryl methyl sites for hydroxylation is 1. The minimum absolute atomic E-state index is 0.0795. The van der Waals surface area contributed by atoms with Crippen LogP contribution in [0.25, 0.3) is 22.4 Å². The molecule has 0 atom stereocenters. The third-order valence-corrected chi connectivity index (χ3v) is 3.10. The number of anilines is 1. The summed E-state index contributed by atoms with van der Waals surface area (Å²) in [5.74, 6) is 0.789. The van der Waals surface area contributed by atoms with E-state index in [0.717, 1.165) is 11.0 Å². The average Bonchev–Trinajstić information content (AvgIpc) is 2.71. The van der Waals surface area contributed by atoms with E-state index in [1.165, 1.54) is 0 Å². The number of benzene rings is 2. The summed E-state index contributed by atoms with van der Waals surface area (Å²) >= 11 is 0. The quantitative estimate of drug-likeness (QED) is 0.506. The molecule has 3 rings (SSSR count). The Morgan fingerprint density at radius 3 is 2.67 bits per heavy atom. The molecule has 0 fully saturated rings. The van der Waals surface area contributed by atoms with Crippen molar-refractivity contribution in [3.63, 3.8) is 0 Å². The van der Waals surface area contributed by atoms with Crippen LogP contribution in [0.5, 0.6) is 5.75 Å². The van der Waals surface area contributed by atoms with Crippen LogP contribution in [-0.4, -0.2) is 14.7 Å². The van der Waals surface area contributed by atoms with Crippen molar-refractivity contribution in [1.82, 2.24) is 9.55 Å². The summed E-state index contributed by atoms with van der Waals surface area (Å²) in [6.07, 6.45) is 0. The topological polar surface area (TPSA) is 64.1 Å². The van der Waals surface area contributed by atoms with Crippen LogP contribution < -0.4 is 5.73 Å². The Morgan fingerprint density at radius 1 is 1.11 bits per heavy atom. The van der Waals surface area contributed by atoms with Crippen LogP contribution in [0.4, 0.5) is 5.69 Å². The van der Waals surface area contributed by atoms with Gasteiger partial charge in [-0.25, -0.2) is 4.98 Å². The molecular formula is C14H13N3O. The molecule has 18 heavy (non-hydrogen) atoms. The molecule has 3 N–H and O–H groups in total. The van der Waals surface area contributed by atoms with Gasteiger partial charge in [0, 0.05) is 7.05 Å². The normalized spacial score (nSPS) is 10.9. The Kier molecular flexibility index (Phi) is 2.23. The number of phenols is 1. The second kappa shape index (κ2) is 3.77. The van der Waals surface area contributed by atoms with E-state index in [2.05, 4.69) is 4.98 Å². The van der Waals surface area contributed by atoms with Crippen LogP contribution in [0.3, 0.4) is 0 Å². The molecule has 0 bridgehead atoms. The highest BCUT2D eigenvalue weighted by molar-refractivity contribution is 5.83. The summed E-state index contributed by atoms with van der Waals surface area (Å²) in [4.78, 5) is 4.53. The first-order valence-corrected chi connectivity index (χ1v) is 5.68. The monoisotopic (exact) mass is 239 g/mol. The Balaban J connectivity index is 2.32. The van der Waals surface area contributed by atoms with Gasteiger partial charge in [0.15, 0.2) is 0 Å². The number of nitrogens with two attached hydrogens (primary N) is 1. The van der Waals surface area contributed by atoms with Crippen molar-refractivity contribution < 1.29 is 5.11 Å². The van der Waals surface area contributed by atoms with E-state index in [1.54, 1.807) is 6.07 Å².